The normalized spacial score (nSPS) is 30.7. The highest BCUT2D eigenvalue weighted by Crippen LogP contribution is 2.36. The number of halogens is 2. The van der Waals surface area contributed by atoms with Crippen LogP contribution in [-0.2, 0) is 0 Å². The fraction of sp³-hybridized carbons (Fsp3) is 0.600. The molecule has 104 valence electrons. The van der Waals surface area contributed by atoms with Crippen molar-refractivity contribution in [3.63, 3.8) is 0 Å². The first-order chi connectivity index (χ1) is 9.24. The third-order valence-electron chi connectivity index (χ3n) is 4.45. The van der Waals surface area contributed by atoms with Crippen LogP contribution < -0.4 is 10.6 Å². The monoisotopic (exact) mass is 386 g/mol. The van der Waals surface area contributed by atoms with E-state index in [4.69, 9.17) is 0 Å². The zero-order chi connectivity index (χ0) is 13.2. The smallest absolute Gasteiger partial charge is 0.0498 e. The van der Waals surface area contributed by atoms with E-state index in [9.17, 15) is 0 Å². The number of hydrogen-bond donors (Lipinski definition) is 2. The van der Waals surface area contributed by atoms with Gasteiger partial charge in [-0.25, -0.2) is 0 Å². The Hall–Kier alpha value is -0.0600. The molecule has 1 heterocycles. The van der Waals surface area contributed by atoms with E-state index in [2.05, 4.69) is 60.7 Å². The van der Waals surface area contributed by atoms with Crippen LogP contribution in [-0.4, -0.2) is 18.6 Å². The Balaban J connectivity index is 1.72. The molecule has 0 bridgehead atoms. The quantitative estimate of drug-likeness (QED) is 0.795. The average Bonchev–Trinajstić information content (AvgIpc) is 3.03. The molecule has 2 N–H and O–H groups in total. The highest BCUT2D eigenvalue weighted by Gasteiger charge is 2.35. The van der Waals surface area contributed by atoms with Crippen molar-refractivity contribution in [3.05, 3.63) is 27.1 Å². The van der Waals surface area contributed by atoms with Crippen LogP contribution >= 0.6 is 31.9 Å². The number of hydrogen-bond acceptors (Lipinski definition) is 2. The van der Waals surface area contributed by atoms with E-state index >= 15 is 0 Å². The first kappa shape index (κ1) is 13.9. The van der Waals surface area contributed by atoms with Gasteiger partial charge in [0.15, 0.2) is 0 Å². The molecular weight excluding hydrogens is 368 g/mol. The van der Waals surface area contributed by atoms with Gasteiger partial charge in [0.25, 0.3) is 0 Å². The Morgan fingerprint density at radius 1 is 1.11 bits per heavy atom. The zero-order valence-corrected chi connectivity index (χ0v) is 14.1. The van der Waals surface area contributed by atoms with Gasteiger partial charge >= 0.3 is 0 Å². The number of nitrogens with one attached hydrogen (secondary N) is 2. The molecule has 2 fully saturated rings. The van der Waals surface area contributed by atoms with E-state index in [-0.39, 0.29) is 0 Å². The van der Waals surface area contributed by atoms with Crippen LogP contribution in [0.1, 0.15) is 32.1 Å². The van der Waals surface area contributed by atoms with Gasteiger partial charge in [0.05, 0.1) is 0 Å². The average molecular weight is 388 g/mol. The molecule has 0 aromatic heterocycles. The van der Waals surface area contributed by atoms with Crippen LogP contribution in [0.25, 0.3) is 0 Å². The molecule has 1 aromatic rings. The Labute approximate surface area is 132 Å². The van der Waals surface area contributed by atoms with Crippen LogP contribution in [0.5, 0.6) is 0 Å². The summed E-state index contributed by atoms with van der Waals surface area (Å²) in [5.74, 6) is 0.786. The Kier molecular flexibility index (Phi) is 4.50. The summed E-state index contributed by atoms with van der Waals surface area (Å²) in [7, 11) is 0. The van der Waals surface area contributed by atoms with Crippen molar-refractivity contribution in [2.24, 2.45) is 5.92 Å². The molecule has 2 nitrogen and oxygen atoms in total. The van der Waals surface area contributed by atoms with E-state index < -0.39 is 0 Å². The lowest BCUT2D eigenvalue weighted by Gasteiger charge is -2.27. The molecular formula is C15H20Br2N2. The molecule has 3 atom stereocenters. The Bertz CT molecular complexity index is 444. The van der Waals surface area contributed by atoms with Crippen LogP contribution in [0, 0.1) is 5.92 Å². The second-order valence-electron chi connectivity index (χ2n) is 5.67. The van der Waals surface area contributed by atoms with Gasteiger partial charge < -0.3 is 10.6 Å². The molecule has 0 radical (unpaired) electrons. The van der Waals surface area contributed by atoms with E-state index in [1.54, 1.807) is 0 Å². The topological polar surface area (TPSA) is 24.1 Å². The highest BCUT2D eigenvalue weighted by molar-refractivity contribution is 9.11. The second-order valence-corrected chi connectivity index (χ2v) is 7.44. The highest BCUT2D eigenvalue weighted by atomic mass is 79.9. The predicted molar refractivity (Wildman–Crippen MR) is 87.6 cm³/mol. The largest absolute Gasteiger partial charge is 0.381 e. The molecule has 1 aliphatic heterocycles. The third kappa shape index (κ3) is 3.17. The molecule has 1 saturated carbocycles. The summed E-state index contributed by atoms with van der Waals surface area (Å²) in [6.07, 6.45) is 6.70. The molecule has 2 aliphatic rings. The predicted octanol–water partition coefficient (Wildman–Crippen LogP) is 4.54. The third-order valence-corrected chi connectivity index (χ3v) is 5.64. The van der Waals surface area contributed by atoms with Gasteiger partial charge in [0.2, 0.25) is 0 Å². The molecule has 0 spiro atoms. The van der Waals surface area contributed by atoms with Crippen molar-refractivity contribution in [1.82, 2.24) is 5.32 Å². The van der Waals surface area contributed by atoms with Crippen molar-refractivity contribution in [1.29, 1.82) is 0 Å². The van der Waals surface area contributed by atoms with Gasteiger partial charge in [0.1, 0.15) is 0 Å². The summed E-state index contributed by atoms with van der Waals surface area (Å²) in [5, 5.41) is 7.44. The van der Waals surface area contributed by atoms with Gasteiger partial charge in [-0.2, -0.15) is 0 Å². The van der Waals surface area contributed by atoms with Crippen molar-refractivity contribution in [2.45, 2.75) is 44.2 Å². The van der Waals surface area contributed by atoms with Crippen LogP contribution in [0.3, 0.4) is 0 Å². The van der Waals surface area contributed by atoms with E-state index in [1.165, 1.54) is 44.3 Å². The Morgan fingerprint density at radius 3 is 2.79 bits per heavy atom. The number of benzene rings is 1. The summed E-state index contributed by atoms with van der Waals surface area (Å²) in [6.45, 7) is 1.20. The number of rotatable bonds is 3. The second kappa shape index (κ2) is 6.15. The summed E-state index contributed by atoms with van der Waals surface area (Å²) < 4.78 is 2.28. The molecule has 1 saturated heterocycles. The minimum absolute atomic E-state index is 0.612. The lowest BCUT2D eigenvalue weighted by molar-refractivity contribution is 0.376. The summed E-state index contributed by atoms with van der Waals surface area (Å²) in [6, 6.07) is 7.68. The molecule has 3 rings (SSSR count). The minimum atomic E-state index is 0.612. The van der Waals surface area contributed by atoms with Crippen molar-refractivity contribution in [2.75, 3.05) is 11.9 Å². The molecule has 1 aliphatic carbocycles. The zero-order valence-electron chi connectivity index (χ0n) is 11.0. The maximum Gasteiger partial charge on any atom is 0.0498 e. The first-order valence-corrected chi connectivity index (χ1v) is 8.77. The van der Waals surface area contributed by atoms with E-state index in [1.807, 2.05) is 0 Å². The SMILES string of the molecule is Brc1ccc(Br)c(NC2CCCC2C2CCCN2)c1. The van der Waals surface area contributed by atoms with Crippen molar-refractivity contribution in [3.8, 4) is 0 Å². The summed E-state index contributed by atoms with van der Waals surface area (Å²) in [5.41, 5.74) is 1.21. The van der Waals surface area contributed by atoms with Crippen LogP contribution in [0.4, 0.5) is 5.69 Å². The molecule has 4 heteroatoms. The van der Waals surface area contributed by atoms with Crippen LogP contribution in [0.15, 0.2) is 27.1 Å². The van der Waals surface area contributed by atoms with Crippen LogP contribution in [0.2, 0.25) is 0 Å². The van der Waals surface area contributed by atoms with E-state index in [0.29, 0.717) is 6.04 Å². The lowest BCUT2D eigenvalue weighted by atomic mass is 9.93. The first-order valence-electron chi connectivity index (χ1n) is 7.19. The van der Waals surface area contributed by atoms with Gasteiger partial charge in [-0.05, 0) is 72.3 Å². The molecule has 19 heavy (non-hydrogen) atoms. The van der Waals surface area contributed by atoms with Crippen molar-refractivity contribution < 1.29 is 0 Å². The van der Waals surface area contributed by atoms with Gasteiger partial charge in [-0.15, -0.1) is 0 Å². The fourth-order valence-electron chi connectivity index (χ4n) is 3.53. The fourth-order valence-corrected chi connectivity index (χ4v) is 4.26. The Morgan fingerprint density at radius 2 is 2.00 bits per heavy atom. The van der Waals surface area contributed by atoms with Crippen molar-refractivity contribution >= 4 is 37.5 Å². The molecule has 3 unspecified atom stereocenters. The van der Waals surface area contributed by atoms with E-state index in [0.717, 1.165) is 20.9 Å². The lowest BCUT2D eigenvalue weighted by Crippen LogP contribution is -2.38. The van der Waals surface area contributed by atoms with Gasteiger partial charge in [-0.3, -0.25) is 0 Å². The number of anilines is 1. The molecule has 1 aromatic carbocycles. The van der Waals surface area contributed by atoms with Gasteiger partial charge in [-0.1, -0.05) is 22.4 Å². The standard InChI is InChI=1S/C15H20Br2N2/c16-10-6-7-12(17)15(9-10)19-14-4-1-3-11(14)13-5-2-8-18-13/h6-7,9,11,13-14,18-19H,1-5,8H2. The van der Waals surface area contributed by atoms with Gasteiger partial charge in [0, 0.05) is 26.7 Å². The maximum atomic E-state index is 3.76. The summed E-state index contributed by atoms with van der Waals surface area (Å²) in [4.78, 5) is 0. The summed E-state index contributed by atoms with van der Waals surface area (Å²) >= 11 is 7.20. The molecule has 0 amide bonds. The maximum absolute atomic E-state index is 3.76. The minimum Gasteiger partial charge on any atom is -0.381 e.